The van der Waals surface area contributed by atoms with Crippen LogP contribution in [0.5, 0.6) is 0 Å². The van der Waals surface area contributed by atoms with Crippen molar-refractivity contribution < 1.29 is 14.3 Å². The van der Waals surface area contributed by atoms with Crippen LogP contribution in [-0.4, -0.2) is 26.0 Å². The van der Waals surface area contributed by atoms with Crippen molar-refractivity contribution in [1.29, 1.82) is 0 Å². The molecule has 4 aliphatic rings. The van der Waals surface area contributed by atoms with E-state index in [1.165, 1.54) is 51.2 Å². The monoisotopic (exact) mass is 494 g/mol. The highest BCUT2D eigenvalue weighted by atomic mass is 16.5. The largest absolute Gasteiger partial charge is 0.465 e. The van der Waals surface area contributed by atoms with Crippen LogP contribution in [0.15, 0.2) is 72.8 Å². The molecule has 0 saturated heterocycles. The smallest absolute Gasteiger partial charge is 0.337 e. The second kappa shape index (κ2) is 9.37. The Balaban J connectivity index is 1.35. The molecule has 0 unspecified atom stereocenters. The lowest BCUT2D eigenvalue weighted by Gasteiger charge is -2.57. The number of methoxy groups -OCH3 is 1. The number of nitrogens with zero attached hydrogens (tertiary/aromatic N) is 1. The number of carbonyl (C=O) groups excluding carboxylic acids is 2. The summed E-state index contributed by atoms with van der Waals surface area (Å²) in [6.07, 6.45) is 8.03. The molecule has 3 aromatic carbocycles. The van der Waals surface area contributed by atoms with E-state index in [0.29, 0.717) is 11.1 Å². The van der Waals surface area contributed by atoms with Crippen LogP contribution >= 0.6 is 0 Å². The first-order valence-electron chi connectivity index (χ1n) is 13.4. The predicted octanol–water partition coefficient (Wildman–Crippen LogP) is 6.96. The van der Waals surface area contributed by atoms with E-state index >= 15 is 0 Å². The minimum Gasteiger partial charge on any atom is -0.465 e. The number of anilines is 3. The van der Waals surface area contributed by atoms with Gasteiger partial charge in [-0.3, -0.25) is 4.79 Å². The van der Waals surface area contributed by atoms with E-state index in [1.54, 1.807) is 24.3 Å². The quantitative estimate of drug-likeness (QED) is 0.376. The third-order valence-corrected chi connectivity index (χ3v) is 8.97. The average molecular weight is 495 g/mol. The summed E-state index contributed by atoms with van der Waals surface area (Å²) < 4.78 is 4.79. The van der Waals surface area contributed by atoms with Crippen LogP contribution in [0.1, 0.15) is 64.8 Å². The maximum atomic E-state index is 13.4. The Bertz CT molecular complexity index is 1280. The van der Waals surface area contributed by atoms with E-state index in [4.69, 9.17) is 4.74 Å². The van der Waals surface area contributed by atoms with Crippen LogP contribution < -0.4 is 10.2 Å². The zero-order valence-corrected chi connectivity index (χ0v) is 21.6. The maximum Gasteiger partial charge on any atom is 0.337 e. The van der Waals surface area contributed by atoms with Crippen LogP contribution in [0.25, 0.3) is 0 Å². The molecule has 190 valence electrons. The molecule has 0 atom stereocenters. The molecule has 3 aromatic rings. The first-order valence-corrected chi connectivity index (χ1v) is 13.4. The SMILES string of the molecule is COC(=O)c1ccc(C(=O)Nc2cc(C34CC5CC(CC(C5)C3)C4)ccc2N(C)c2ccccc2)cc1. The lowest BCUT2D eigenvalue weighted by atomic mass is 9.48. The molecule has 4 saturated carbocycles. The molecule has 7 rings (SSSR count). The Kier molecular flexibility index (Phi) is 6.02. The molecule has 37 heavy (non-hydrogen) atoms. The molecule has 4 aliphatic carbocycles. The van der Waals surface area contributed by atoms with Gasteiger partial charge in [-0.05, 0) is 116 Å². The van der Waals surface area contributed by atoms with Gasteiger partial charge in [-0.15, -0.1) is 0 Å². The predicted molar refractivity (Wildman–Crippen MR) is 147 cm³/mol. The van der Waals surface area contributed by atoms with E-state index < -0.39 is 5.97 Å². The number of esters is 1. The molecule has 0 aliphatic heterocycles. The highest BCUT2D eigenvalue weighted by molar-refractivity contribution is 6.06. The van der Waals surface area contributed by atoms with Gasteiger partial charge in [0.05, 0.1) is 24.0 Å². The molecule has 5 heteroatoms. The highest BCUT2D eigenvalue weighted by Gasteiger charge is 2.51. The van der Waals surface area contributed by atoms with Crippen molar-refractivity contribution in [3.63, 3.8) is 0 Å². The molecule has 0 radical (unpaired) electrons. The number of carbonyl (C=O) groups is 2. The molecular weight excluding hydrogens is 460 g/mol. The summed E-state index contributed by atoms with van der Waals surface area (Å²) in [5, 5.41) is 3.22. The van der Waals surface area contributed by atoms with Crippen LogP contribution in [0, 0.1) is 17.8 Å². The Hall–Kier alpha value is -3.60. The van der Waals surface area contributed by atoms with Gasteiger partial charge in [-0.25, -0.2) is 4.79 Å². The molecule has 5 nitrogen and oxygen atoms in total. The molecule has 0 spiro atoms. The van der Waals surface area contributed by atoms with Gasteiger partial charge < -0.3 is 15.0 Å². The molecule has 0 aromatic heterocycles. The summed E-state index contributed by atoms with van der Waals surface area (Å²) >= 11 is 0. The van der Waals surface area contributed by atoms with Crippen molar-refractivity contribution in [2.75, 3.05) is 24.4 Å². The van der Waals surface area contributed by atoms with Crippen molar-refractivity contribution >= 4 is 28.9 Å². The normalized spacial score (nSPS) is 25.5. The third-order valence-electron chi connectivity index (χ3n) is 8.97. The fraction of sp³-hybridized carbons (Fsp3) is 0.375. The fourth-order valence-corrected chi connectivity index (χ4v) is 7.58. The number of hydrogen-bond donors (Lipinski definition) is 1. The summed E-state index contributed by atoms with van der Waals surface area (Å²) in [5.41, 5.74) is 5.37. The number of amides is 1. The number of nitrogens with one attached hydrogen (secondary N) is 1. The standard InChI is InChI=1S/C32H34N2O3/c1-34(27-6-4-3-5-7-27)29-13-12-26(32-18-21-14-22(19-32)16-23(15-21)20-32)17-28(29)33-30(35)24-8-10-25(11-9-24)31(36)37-2/h3-13,17,21-23H,14-16,18-20H2,1-2H3,(H,33,35). The van der Waals surface area contributed by atoms with Gasteiger partial charge in [-0.2, -0.15) is 0 Å². The van der Waals surface area contributed by atoms with E-state index in [0.717, 1.165) is 34.8 Å². The Morgan fingerprint density at radius 1 is 0.838 bits per heavy atom. The maximum absolute atomic E-state index is 13.4. The van der Waals surface area contributed by atoms with Gasteiger partial charge in [0.2, 0.25) is 0 Å². The van der Waals surface area contributed by atoms with E-state index in [1.807, 2.05) is 25.2 Å². The van der Waals surface area contributed by atoms with E-state index in [9.17, 15) is 9.59 Å². The minimum absolute atomic E-state index is 0.193. The van der Waals surface area contributed by atoms with Crippen LogP contribution in [0.4, 0.5) is 17.1 Å². The van der Waals surface area contributed by atoms with E-state index in [2.05, 4.69) is 40.5 Å². The van der Waals surface area contributed by atoms with Gasteiger partial charge in [0.25, 0.3) is 5.91 Å². The topological polar surface area (TPSA) is 58.6 Å². The first-order chi connectivity index (χ1) is 17.9. The fourth-order valence-electron chi connectivity index (χ4n) is 7.58. The second-order valence-electron chi connectivity index (χ2n) is 11.3. The summed E-state index contributed by atoms with van der Waals surface area (Å²) in [6.45, 7) is 0. The van der Waals surface area contributed by atoms with Gasteiger partial charge in [0.15, 0.2) is 0 Å². The van der Waals surface area contributed by atoms with Crippen molar-refractivity contribution in [3.8, 4) is 0 Å². The molecule has 0 heterocycles. The first kappa shape index (κ1) is 23.8. The summed E-state index contributed by atoms with van der Waals surface area (Å²) in [6, 6.07) is 23.5. The van der Waals surface area contributed by atoms with Crippen molar-refractivity contribution in [3.05, 3.63) is 89.5 Å². The molecule has 1 amide bonds. The average Bonchev–Trinajstić information content (AvgIpc) is 2.92. The lowest BCUT2D eigenvalue weighted by Crippen LogP contribution is -2.48. The van der Waals surface area contributed by atoms with Gasteiger partial charge in [0.1, 0.15) is 0 Å². The number of ether oxygens (including phenoxy) is 1. The second-order valence-corrected chi connectivity index (χ2v) is 11.3. The molecule has 1 N–H and O–H groups in total. The number of rotatable bonds is 6. The summed E-state index contributed by atoms with van der Waals surface area (Å²) in [4.78, 5) is 27.3. The summed E-state index contributed by atoms with van der Waals surface area (Å²) in [7, 11) is 3.39. The van der Waals surface area contributed by atoms with Gasteiger partial charge >= 0.3 is 5.97 Å². The van der Waals surface area contributed by atoms with Gasteiger partial charge in [0, 0.05) is 18.3 Å². The Morgan fingerprint density at radius 2 is 1.43 bits per heavy atom. The number of benzene rings is 3. The summed E-state index contributed by atoms with van der Waals surface area (Å²) in [5.74, 6) is 1.95. The minimum atomic E-state index is -0.415. The van der Waals surface area contributed by atoms with Crippen LogP contribution in [-0.2, 0) is 10.2 Å². The number of para-hydroxylation sites is 1. The Morgan fingerprint density at radius 3 is 2.03 bits per heavy atom. The molecule has 4 bridgehead atoms. The molecular formula is C32H34N2O3. The highest BCUT2D eigenvalue weighted by Crippen LogP contribution is 2.61. The molecule has 4 fully saturated rings. The third kappa shape index (κ3) is 4.41. The van der Waals surface area contributed by atoms with Crippen molar-refractivity contribution in [2.45, 2.75) is 43.9 Å². The zero-order chi connectivity index (χ0) is 25.6. The van der Waals surface area contributed by atoms with Crippen LogP contribution in [0.2, 0.25) is 0 Å². The lowest BCUT2D eigenvalue weighted by molar-refractivity contribution is -0.00516. The Labute approximate surface area is 218 Å². The number of hydrogen-bond acceptors (Lipinski definition) is 4. The van der Waals surface area contributed by atoms with Crippen molar-refractivity contribution in [2.24, 2.45) is 17.8 Å². The van der Waals surface area contributed by atoms with Crippen LogP contribution in [0.3, 0.4) is 0 Å². The van der Waals surface area contributed by atoms with Gasteiger partial charge in [-0.1, -0.05) is 24.3 Å². The van der Waals surface area contributed by atoms with Crippen molar-refractivity contribution in [1.82, 2.24) is 0 Å². The van der Waals surface area contributed by atoms with E-state index in [-0.39, 0.29) is 11.3 Å². The zero-order valence-electron chi connectivity index (χ0n) is 21.6.